The SMILES string of the molecule is CC12CCC(C(OC=O)C1)C2(C)C. The minimum Gasteiger partial charge on any atom is -0.464 e. The predicted molar refractivity (Wildman–Crippen MR) is 50.2 cm³/mol. The van der Waals surface area contributed by atoms with E-state index in [0.29, 0.717) is 23.2 Å². The molecule has 0 heterocycles. The second kappa shape index (κ2) is 2.49. The number of hydrogen-bond donors (Lipinski definition) is 0. The highest BCUT2D eigenvalue weighted by molar-refractivity contribution is 5.38. The Morgan fingerprint density at radius 3 is 2.46 bits per heavy atom. The molecule has 0 aromatic rings. The van der Waals surface area contributed by atoms with Crippen LogP contribution in [-0.4, -0.2) is 12.6 Å². The zero-order valence-electron chi connectivity index (χ0n) is 8.67. The van der Waals surface area contributed by atoms with Gasteiger partial charge >= 0.3 is 0 Å². The maximum Gasteiger partial charge on any atom is 0.293 e. The molecule has 0 radical (unpaired) electrons. The van der Waals surface area contributed by atoms with E-state index in [1.807, 2.05) is 0 Å². The molecular weight excluding hydrogens is 164 g/mol. The maximum atomic E-state index is 10.3. The Morgan fingerprint density at radius 1 is 1.38 bits per heavy atom. The van der Waals surface area contributed by atoms with E-state index in [0.717, 1.165) is 6.42 Å². The summed E-state index contributed by atoms with van der Waals surface area (Å²) in [5, 5.41) is 0. The van der Waals surface area contributed by atoms with Crippen LogP contribution < -0.4 is 0 Å². The molecule has 2 bridgehead atoms. The Kier molecular flexibility index (Phi) is 1.73. The van der Waals surface area contributed by atoms with Gasteiger partial charge in [-0.15, -0.1) is 0 Å². The average Bonchev–Trinajstić information content (AvgIpc) is 2.34. The number of fused-ring (bicyclic) bond motifs is 2. The highest BCUT2D eigenvalue weighted by Crippen LogP contribution is 2.65. The van der Waals surface area contributed by atoms with Crippen molar-refractivity contribution in [2.75, 3.05) is 0 Å². The van der Waals surface area contributed by atoms with Gasteiger partial charge in [0.1, 0.15) is 6.10 Å². The molecular formula is C11H18O2. The number of ether oxygens (including phenoxy) is 1. The first-order valence-electron chi connectivity index (χ1n) is 5.10. The summed E-state index contributed by atoms with van der Waals surface area (Å²) in [5.74, 6) is 0.586. The third-order valence-electron chi connectivity index (χ3n) is 4.82. The van der Waals surface area contributed by atoms with Gasteiger partial charge in [-0.05, 0) is 30.1 Å². The first kappa shape index (κ1) is 9.04. The normalized spacial score (nSPS) is 46.4. The van der Waals surface area contributed by atoms with Crippen molar-refractivity contribution in [2.24, 2.45) is 16.7 Å². The average molecular weight is 182 g/mol. The van der Waals surface area contributed by atoms with Crippen molar-refractivity contribution in [3.8, 4) is 0 Å². The minimum absolute atomic E-state index is 0.186. The van der Waals surface area contributed by atoms with Crippen LogP contribution in [0, 0.1) is 16.7 Å². The summed E-state index contributed by atoms with van der Waals surface area (Å²) in [6, 6.07) is 0. The van der Waals surface area contributed by atoms with Crippen molar-refractivity contribution in [1.82, 2.24) is 0 Å². The van der Waals surface area contributed by atoms with E-state index in [-0.39, 0.29) is 6.10 Å². The summed E-state index contributed by atoms with van der Waals surface area (Å²) in [4.78, 5) is 10.3. The van der Waals surface area contributed by atoms with Gasteiger partial charge in [-0.1, -0.05) is 20.8 Å². The van der Waals surface area contributed by atoms with Crippen LogP contribution in [0.3, 0.4) is 0 Å². The highest BCUT2D eigenvalue weighted by atomic mass is 16.5. The summed E-state index contributed by atoms with van der Waals surface area (Å²) < 4.78 is 5.16. The number of carbonyl (C=O) groups is 1. The molecule has 2 fully saturated rings. The minimum atomic E-state index is 0.186. The molecule has 0 aliphatic heterocycles. The van der Waals surface area contributed by atoms with Gasteiger partial charge in [0.15, 0.2) is 0 Å². The van der Waals surface area contributed by atoms with Crippen molar-refractivity contribution >= 4 is 6.47 Å². The summed E-state index contributed by atoms with van der Waals surface area (Å²) in [7, 11) is 0. The molecule has 13 heavy (non-hydrogen) atoms. The van der Waals surface area contributed by atoms with Crippen LogP contribution in [0.25, 0.3) is 0 Å². The van der Waals surface area contributed by atoms with E-state index >= 15 is 0 Å². The Labute approximate surface area is 79.7 Å². The van der Waals surface area contributed by atoms with Crippen molar-refractivity contribution in [1.29, 1.82) is 0 Å². The van der Waals surface area contributed by atoms with Crippen LogP contribution >= 0.6 is 0 Å². The molecule has 0 amide bonds. The third kappa shape index (κ3) is 0.976. The molecule has 2 rings (SSSR count). The van der Waals surface area contributed by atoms with Crippen LogP contribution in [0.1, 0.15) is 40.0 Å². The van der Waals surface area contributed by atoms with Crippen molar-refractivity contribution < 1.29 is 9.53 Å². The summed E-state index contributed by atoms with van der Waals surface area (Å²) in [6.45, 7) is 7.59. The van der Waals surface area contributed by atoms with Gasteiger partial charge < -0.3 is 4.74 Å². The second-order valence-corrected chi connectivity index (χ2v) is 5.40. The maximum absolute atomic E-state index is 10.3. The van der Waals surface area contributed by atoms with Gasteiger partial charge in [-0.25, -0.2) is 0 Å². The lowest BCUT2D eigenvalue weighted by Gasteiger charge is -2.33. The fraction of sp³-hybridized carbons (Fsp3) is 0.909. The molecule has 2 aliphatic carbocycles. The molecule has 0 spiro atoms. The van der Waals surface area contributed by atoms with Gasteiger partial charge in [-0.3, -0.25) is 4.79 Å². The van der Waals surface area contributed by atoms with Crippen molar-refractivity contribution in [3.05, 3.63) is 0 Å². The Balaban J connectivity index is 2.23. The van der Waals surface area contributed by atoms with Gasteiger partial charge in [0.25, 0.3) is 6.47 Å². The molecule has 0 aromatic heterocycles. The number of rotatable bonds is 2. The Hall–Kier alpha value is -0.530. The van der Waals surface area contributed by atoms with E-state index in [2.05, 4.69) is 20.8 Å². The first-order chi connectivity index (χ1) is 6.01. The molecule has 74 valence electrons. The van der Waals surface area contributed by atoms with E-state index in [4.69, 9.17) is 4.74 Å². The van der Waals surface area contributed by atoms with Crippen molar-refractivity contribution in [2.45, 2.75) is 46.1 Å². The van der Waals surface area contributed by atoms with Crippen LogP contribution in [0.4, 0.5) is 0 Å². The number of hydrogen-bond acceptors (Lipinski definition) is 2. The van der Waals surface area contributed by atoms with Gasteiger partial charge in [0.05, 0.1) is 0 Å². The van der Waals surface area contributed by atoms with Crippen molar-refractivity contribution in [3.63, 3.8) is 0 Å². The standard InChI is InChI=1S/C11H18O2/c1-10(2)8-4-5-11(10,3)6-9(8)13-7-12/h7-9H,4-6H2,1-3H3. The summed E-state index contributed by atoms with van der Waals surface area (Å²) in [6.07, 6.45) is 3.76. The largest absolute Gasteiger partial charge is 0.464 e. The predicted octanol–water partition coefficient (Wildman–Crippen LogP) is 2.37. The lowest BCUT2D eigenvalue weighted by Crippen LogP contribution is -2.27. The zero-order chi connectivity index (χ0) is 9.69. The van der Waals surface area contributed by atoms with Crippen LogP contribution in [0.2, 0.25) is 0 Å². The summed E-state index contributed by atoms with van der Waals surface area (Å²) in [5.41, 5.74) is 0.742. The molecule has 3 atom stereocenters. The lowest BCUT2D eigenvalue weighted by atomic mass is 9.71. The molecule has 2 nitrogen and oxygen atoms in total. The van der Waals surface area contributed by atoms with Gasteiger partial charge in [-0.2, -0.15) is 0 Å². The molecule has 3 unspecified atom stereocenters. The monoisotopic (exact) mass is 182 g/mol. The molecule has 2 saturated carbocycles. The number of carbonyl (C=O) groups excluding carboxylic acids is 1. The quantitative estimate of drug-likeness (QED) is 0.613. The molecule has 2 aliphatic rings. The van der Waals surface area contributed by atoms with E-state index in [1.165, 1.54) is 12.8 Å². The van der Waals surface area contributed by atoms with Gasteiger partial charge in [0.2, 0.25) is 0 Å². The molecule has 0 aromatic carbocycles. The fourth-order valence-corrected chi connectivity index (χ4v) is 3.42. The van der Waals surface area contributed by atoms with Crippen LogP contribution in [0.15, 0.2) is 0 Å². The molecule has 0 N–H and O–H groups in total. The topological polar surface area (TPSA) is 26.3 Å². The Bertz CT molecular complexity index is 231. The van der Waals surface area contributed by atoms with E-state index in [1.54, 1.807) is 0 Å². The fourth-order valence-electron chi connectivity index (χ4n) is 3.42. The zero-order valence-corrected chi connectivity index (χ0v) is 8.67. The molecule has 0 saturated heterocycles. The second-order valence-electron chi connectivity index (χ2n) is 5.40. The first-order valence-corrected chi connectivity index (χ1v) is 5.10. The van der Waals surface area contributed by atoms with E-state index in [9.17, 15) is 4.79 Å². The van der Waals surface area contributed by atoms with Crippen LogP contribution in [0.5, 0.6) is 0 Å². The Morgan fingerprint density at radius 2 is 2.08 bits per heavy atom. The van der Waals surface area contributed by atoms with E-state index < -0.39 is 0 Å². The smallest absolute Gasteiger partial charge is 0.293 e. The van der Waals surface area contributed by atoms with Gasteiger partial charge in [0, 0.05) is 5.92 Å². The molecule has 2 heteroatoms. The highest BCUT2D eigenvalue weighted by Gasteiger charge is 2.61. The van der Waals surface area contributed by atoms with Crippen LogP contribution in [-0.2, 0) is 9.53 Å². The lowest BCUT2D eigenvalue weighted by molar-refractivity contribution is -0.136. The summed E-state index contributed by atoms with van der Waals surface area (Å²) >= 11 is 0. The third-order valence-corrected chi connectivity index (χ3v) is 4.82.